The monoisotopic (exact) mass is 295 g/mol. The van der Waals surface area contributed by atoms with E-state index in [1.807, 2.05) is 0 Å². The zero-order chi connectivity index (χ0) is 15.4. The van der Waals surface area contributed by atoms with Crippen LogP contribution in [0.1, 0.15) is 44.9 Å². The summed E-state index contributed by atoms with van der Waals surface area (Å²) in [7, 11) is 0. The molecule has 0 spiro atoms. The third-order valence-electron chi connectivity index (χ3n) is 4.59. The van der Waals surface area contributed by atoms with Crippen molar-refractivity contribution in [2.45, 2.75) is 44.9 Å². The van der Waals surface area contributed by atoms with Crippen molar-refractivity contribution in [2.75, 3.05) is 6.61 Å². The molecule has 0 aromatic carbocycles. The number of rotatable bonds is 6. The molecule has 6 nitrogen and oxygen atoms in total. The summed E-state index contributed by atoms with van der Waals surface area (Å²) < 4.78 is 0. The second-order valence-corrected chi connectivity index (χ2v) is 5.81. The van der Waals surface area contributed by atoms with Crippen LogP contribution in [0.3, 0.4) is 0 Å². The molecule has 2 aliphatic rings. The molecule has 2 aliphatic carbocycles. The summed E-state index contributed by atoms with van der Waals surface area (Å²) in [5.41, 5.74) is -0.179. The Hall–Kier alpha value is -1.69. The normalized spacial score (nSPS) is 25.9. The van der Waals surface area contributed by atoms with Gasteiger partial charge in [0.05, 0.1) is 4.92 Å². The number of carbonyl (C=O) groups excluding carboxylic acids is 1. The quantitative estimate of drug-likeness (QED) is 0.579. The van der Waals surface area contributed by atoms with Crippen LogP contribution in [0.25, 0.3) is 0 Å². The number of allylic oxidation sites excluding steroid dienone is 2. The van der Waals surface area contributed by atoms with Crippen LogP contribution < -0.4 is 0 Å². The van der Waals surface area contributed by atoms with Crippen LogP contribution in [0.15, 0.2) is 23.1 Å². The Morgan fingerprint density at radius 1 is 1.38 bits per heavy atom. The van der Waals surface area contributed by atoms with Gasteiger partial charge in [-0.25, -0.2) is 0 Å². The number of ketones is 1. The minimum absolute atomic E-state index is 0.154. The summed E-state index contributed by atoms with van der Waals surface area (Å²) in [5, 5.41) is 29.9. The molecule has 6 heteroatoms. The fourth-order valence-corrected chi connectivity index (χ4v) is 3.36. The molecule has 0 aliphatic heterocycles. The van der Waals surface area contributed by atoms with Gasteiger partial charge in [0, 0.05) is 18.6 Å². The maximum Gasteiger partial charge on any atom is 0.307 e. The maximum absolute atomic E-state index is 12.2. The Morgan fingerprint density at radius 3 is 2.76 bits per heavy atom. The lowest BCUT2D eigenvalue weighted by Crippen LogP contribution is -2.17. The zero-order valence-corrected chi connectivity index (χ0v) is 12.0. The first-order chi connectivity index (χ1) is 10.0. The molecular weight excluding hydrogens is 274 g/mol. The van der Waals surface area contributed by atoms with Crippen molar-refractivity contribution < 1.29 is 19.9 Å². The van der Waals surface area contributed by atoms with Gasteiger partial charge < -0.3 is 10.2 Å². The number of nitro groups is 1. The van der Waals surface area contributed by atoms with E-state index in [0.29, 0.717) is 25.2 Å². The summed E-state index contributed by atoms with van der Waals surface area (Å²) in [6.45, 7) is 0.154. The number of hydrogen-bond donors (Lipinski definition) is 2. The summed E-state index contributed by atoms with van der Waals surface area (Å²) in [5.74, 6) is -0.0679. The zero-order valence-electron chi connectivity index (χ0n) is 12.0. The van der Waals surface area contributed by atoms with E-state index in [-0.39, 0.29) is 36.0 Å². The molecule has 0 aromatic heterocycles. The van der Waals surface area contributed by atoms with E-state index >= 15 is 0 Å². The highest BCUT2D eigenvalue weighted by molar-refractivity contribution is 5.96. The highest BCUT2D eigenvalue weighted by atomic mass is 16.6. The van der Waals surface area contributed by atoms with Gasteiger partial charge >= 0.3 is 5.70 Å². The number of aliphatic hydroxyl groups excluding tert-OH is 2. The second-order valence-electron chi connectivity index (χ2n) is 5.81. The van der Waals surface area contributed by atoms with E-state index in [0.717, 1.165) is 19.3 Å². The van der Waals surface area contributed by atoms with Gasteiger partial charge in [-0.1, -0.05) is 12.8 Å². The first kappa shape index (κ1) is 15.7. The number of hydrogen-bond acceptors (Lipinski definition) is 5. The van der Waals surface area contributed by atoms with Gasteiger partial charge in [-0.05, 0) is 43.6 Å². The van der Waals surface area contributed by atoms with E-state index in [1.165, 1.54) is 6.08 Å². The van der Waals surface area contributed by atoms with Crippen molar-refractivity contribution in [3.63, 3.8) is 0 Å². The topological polar surface area (TPSA) is 101 Å². The van der Waals surface area contributed by atoms with Crippen LogP contribution in [0.2, 0.25) is 0 Å². The maximum atomic E-state index is 12.2. The van der Waals surface area contributed by atoms with Gasteiger partial charge in [-0.3, -0.25) is 14.9 Å². The number of carbonyl (C=O) groups is 1. The van der Waals surface area contributed by atoms with Crippen LogP contribution in [-0.2, 0) is 4.79 Å². The molecule has 21 heavy (non-hydrogen) atoms. The average molecular weight is 295 g/mol. The fourth-order valence-electron chi connectivity index (χ4n) is 3.36. The molecule has 0 aromatic rings. The van der Waals surface area contributed by atoms with E-state index in [4.69, 9.17) is 0 Å². The summed E-state index contributed by atoms with van der Waals surface area (Å²) in [6.07, 6.45) is 6.17. The number of nitrogens with zero attached hydrogens (tertiary/aromatic N) is 1. The molecular formula is C15H21NO5. The van der Waals surface area contributed by atoms with Gasteiger partial charge in [-0.2, -0.15) is 0 Å². The van der Waals surface area contributed by atoms with Crippen LogP contribution >= 0.6 is 0 Å². The fraction of sp³-hybridized carbons (Fsp3) is 0.667. The molecule has 1 fully saturated rings. The largest absolute Gasteiger partial charge is 0.502 e. The van der Waals surface area contributed by atoms with Crippen LogP contribution in [0.5, 0.6) is 0 Å². The summed E-state index contributed by atoms with van der Waals surface area (Å²) >= 11 is 0. The van der Waals surface area contributed by atoms with E-state index in [1.54, 1.807) is 0 Å². The standard InChI is InChI=1S/C15H21NO5/c17-9-11-4-1-3-10(11)7-8-14(18)12-5-2-6-13(15(12)19)16(20)21/h6,10-11,17,19H,1-5,7-9H2/t10?,11-/m1/s1. The van der Waals surface area contributed by atoms with Crippen molar-refractivity contribution in [3.05, 3.63) is 33.2 Å². The van der Waals surface area contributed by atoms with E-state index in [9.17, 15) is 25.1 Å². The third kappa shape index (κ3) is 3.50. The second kappa shape index (κ2) is 6.85. The van der Waals surface area contributed by atoms with E-state index < -0.39 is 10.7 Å². The van der Waals surface area contributed by atoms with Crippen LogP contribution in [-0.4, -0.2) is 27.5 Å². The molecule has 116 valence electrons. The van der Waals surface area contributed by atoms with Crippen molar-refractivity contribution in [3.8, 4) is 0 Å². The van der Waals surface area contributed by atoms with Crippen LogP contribution in [0, 0.1) is 22.0 Å². The number of aliphatic hydroxyl groups is 2. The molecule has 2 atom stereocenters. The summed E-state index contributed by atoms with van der Waals surface area (Å²) in [4.78, 5) is 22.3. The van der Waals surface area contributed by atoms with Crippen molar-refractivity contribution in [1.29, 1.82) is 0 Å². The molecule has 0 bridgehead atoms. The molecule has 1 saturated carbocycles. The van der Waals surface area contributed by atoms with Gasteiger partial charge in [-0.15, -0.1) is 0 Å². The Labute approximate surface area is 123 Å². The lowest BCUT2D eigenvalue weighted by atomic mass is 9.88. The molecule has 0 heterocycles. The van der Waals surface area contributed by atoms with Gasteiger partial charge in [0.25, 0.3) is 0 Å². The lowest BCUT2D eigenvalue weighted by Gasteiger charge is -2.17. The van der Waals surface area contributed by atoms with Gasteiger partial charge in [0.1, 0.15) is 0 Å². The molecule has 0 radical (unpaired) electrons. The van der Waals surface area contributed by atoms with Gasteiger partial charge in [0.2, 0.25) is 5.76 Å². The first-order valence-electron chi connectivity index (χ1n) is 7.45. The van der Waals surface area contributed by atoms with Gasteiger partial charge in [0.15, 0.2) is 5.78 Å². The highest BCUT2D eigenvalue weighted by Gasteiger charge is 2.30. The molecule has 0 saturated heterocycles. The molecule has 1 unspecified atom stereocenters. The predicted molar refractivity (Wildman–Crippen MR) is 76.1 cm³/mol. The van der Waals surface area contributed by atoms with Crippen LogP contribution in [0.4, 0.5) is 0 Å². The molecule has 0 amide bonds. The Bertz CT molecular complexity index is 494. The average Bonchev–Trinajstić information content (AvgIpc) is 2.92. The Morgan fingerprint density at radius 2 is 2.10 bits per heavy atom. The molecule has 2 N–H and O–H groups in total. The minimum Gasteiger partial charge on any atom is -0.502 e. The number of Topliss-reactive ketones (excluding diaryl/α,β-unsaturated/α-hetero) is 1. The molecule has 2 rings (SSSR count). The van der Waals surface area contributed by atoms with Crippen molar-refractivity contribution >= 4 is 5.78 Å². The minimum atomic E-state index is -0.652. The summed E-state index contributed by atoms with van der Waals surface area (Å²) in [6, 6.07) is 0. The first-order valence-corrected chi connectivity index (χ1v) is 7.45. The highest BCUT2D eigenvalue weighted by Crippen LogP contribution is 2.35. The van der Waals surface area contributed by atoms with Crippen molar-refractivity contribution in [1.82, 2.24) is 0 Å². The third-order valence-corrected chi connectivity index (χ3v) is 4.59. The SMILES string of the molecule is O=C(CCC1CCC[C@@H]1CO)C1=C(O)C([N+](=O)[O-])=CCC1. The smallest absolute Gasteiger partial charge is 0.307 e. The van der Waals surface area contributed by atoms with Crippen molar-refractivity contribution in [2.24, 2.45) is 11.8 Å². The predicted octanol–water partition coefficient (Wildman–Crippen LogP) is 2.51. The Kier molecular flexibility index (Phi) is 5.12. The Balaban J connectivity index is 1.98. The lowest BCUT2D eigenvalue weighted by molar-refractivity contribution is -0.424. The van der Waals surface area contributed by atoms with E-state index in [2.05, 4.69) is 0 Å².